The van der Waals surface area contributed by atoms with Crippen molar-refractivity contribution in [1.29, 1.82) is 0 Å². The number of carbonyl (C=O) groups excluding carboxylic acids is 4. The molecule has 0 aromatic rings. The number of allylic oxidation sites excluding steroid dienone is 1. The number of piperidine rings is 1. The molecule has 4 rings (SSSR count). The van der Waals surface area contributed by atoms with E-state index in [1.807, 2.05) is 20.8 Å². The summed E-state index contributed by atoms with van der Waals surface area (Å²) >= 11 is 0. The molecule has 2 unspecified atom stereocenters. The Balaban J connectivity index is 1.52. The van der Waals surface area contributed by atoms with Crippen LogP contribution in [0.25, 0.3) is 0 Å². The molecule has 1 amide bonds. The zero-order chi connectivity index (χ0) is 36.0. The average molecular weight is 690 g/mol. The Morgan fingerprint density at radius 1 is 0.979 bits per heavy atom. The van der Waals surface area contributed by atoms with Crippen LogP contribution in [-0.4, -0.2) is 70.4 Å². The molecule has 0 spiro atoms. The highest BCUT2D eigenvalue weighted by atomic mass is 32.2. The molecule has 8 atom stereocenters. The lowest BCUT2D eigenvalue weighted by Crippen LogP contribution is -2.51. The summed E-state index contributed by atoms with van der Waals surface area (Å²) in [6, 6.07) is -0.644. The summed E-state index contributed by atoms with van der Waals surface area (Å²) in [5.41, 5.74) is -0.655. The van der Waals surface area contributed by atoms with E-state index >= 15 is 0 Å². The predicted molar refractivity (Wildman–Crippen MR) is 189 cm³/mol. The number of hydrogen-bond acceptors (Lipinski definition) is 7. The lowest BCUT2D eigenvalue weighted by atomic mass is 9.75. The zero-order valence-corrected chi connectivity index (χ0v) is 31.7. The van der Waals surface area contributed by atoms with Gasteiger partial charge in [-0.1, -0.05) is 66.4 Å². The highest BCUT2D eigenvalue weighted by Gasteiger charge is 2.69. The minimum Gasteiger partial charge on any atom is -0.385 e. The molecular formula is C39H63NO7S. The molecule has 0 aromatic heterocycles. The van der Waals surface area contributed by atoms with Crippen LogP contribution >= 0.6 is 0 Å². The summed E-state index contributed by atoms with van der Waals surface area (Å²) in [5, 5.41) is 10.5. The molecule has 0 bridgehead atoms. The van der Waals surface area contributed by atoms with E-state index in [1.54, 1.807) is 31.7 Å². The summed E-state index contributed by atoms with van der Waals surface area (Å²) in [6.45, 7) is 19.4. The minimum atomic E-state index is -3.45. The van der Waals surface area contributed by atoms with Crippen molar-refractivity contribution in [3.05, 3.63) is 12.7 Å². The second-order valence-electron chi connectivity index (χ2n) is 18.3. The Morgan fingerprint density at radius 2 is 1.60 bits per heavy atom. The van der Waals surface area contributed by atoms with Crippen molar-refractivity contribution in [1.82, 2.24) is 4.90 Å². The first kappa shape index (κ1) is 38.9. The lowest BCUT2D eigenvalue weighted by molar-refractivity contribution is -0.148. The van der Waals surface area contributed by atoms with Gasteiger partial charge < -0.3 is 10.0 Å². The van der Waals surface area contributed by atoms with Crippen LogP contribution < -0.4 is 0 Å². The number of fused-ring (bicyclic) bond motifs is 1. The van der Waals surface area contributed by atoms with E-state index in [-0.39, 0.29) is 72.1 Å². The Labute approximate surface area is 290 Å². The molecule has 1 aliphatic heterocycles. The van der Waals surface area contributed by atoms with Gasteiger partial charge in [0.2, 0.25) is 5.91 Å². The summed E-state index contributed by atoms with van der Waals surface area (Å²) < 4.78 is 26.0. The van der Waals surface area contributed by atoms with Crippen LogP contribution in [0.4, 0.5) is 0 Å². The first-order valence-electron chi connectivity index (χ1n) is 18.5. The number of nitrogens with zero attached hydrogens (tertiary/aromatic N) is 1. The van der Waals surface area contributed by atoms with E-state index in [2.05, 4.69) is 20.4 Å². The number of carbonyl (C=O) groups is 4. The number of aliphatic hydroxyl groups is 1. The minimum absolute atomic E-state index is 0.00561. The van der Waals surface area contributed by atoms with Gasteiger partial charge >= 0.3 is 0 Å². The van der Waals surface area contributed by atoms with Gasteiger partial charge in [0.1, 0.15) is 11.9 Å². The standard InChI is InChI=1S/C39H63NO7S/c1-10-11-15-30(42)35(44)26(19-24-17-18-24)21-31(43)34-33-29(39(33,8)9)23-40(34)36(45)28(37(2,3)4)22-27(41)20-25-14-12-13-16-32(25)48(46,47)38(5,6)7/h10,24-26,28-29,32-35,44H,1,11-23H2,2-9H3/t25-,26?,28-,29+,32-,33+,34-,35?/m1/s1. The Hall–Kier alpha value is -1.87. The van der Waals surface area contributed by atoms with Gasteiger partial charge in [-0.3, -0.25) is 19.2 Å². The number of Topliss-reactive ketones (excluding diaryl/α,β-unsaturated/α-hetero) is 3. The van der Waals surface area contributed by atoms with E-state index in [1.165, 1.54) is 0 Å². The van der Waals surface area contributed by atoms with E-state index in [0.29, 0.717) is 38.1 Å². The zero-order valence-electron chi connectivity index (χ0n) is 30.9. The van der Waals surface area contributed by atoms with E-state index < -0.39 is 49.2 Å². The number of amides is 1. The molecule has 1 saturated heterocycles. The van der Waals surface area contributed by atoms with Gasteiger partial charge in [0.05, 0.1) is 16.0 Å². The van der Waals surface area contributed by atoms with Crippen molar-refractivity contribution in [2.45, 2.75) is 155 Å². The van der Waals surface area contributed by atoms with Crippen LogP contribution in [0.3, 0.4) is 0 Å². The van der Waals surface area contributed by atoms with E-state index in [4.69, 9.17) is 0 Å². The highest BCUT2D eigenvalue weighted by molar-refractivity contribution is 7.93. The summed E-state index contributed by atoms with van der Waals surface area (Å²) in [5.74, 6) is -1.45. The van der Waals surface area contributed by atoms with Crippen LogP contribution in [0.1, 0.15) is 132 Å². The molecule has 8 nitrogen and oxygen atoms in total. The molecule has 4 fully saturated rings. The normalized spacial score (nSPS) is 29.0. The lowest BCUT2D eigenvalue weighted by Gasteiger charge is -2.38. The Bertz CT molecular complexity index is 1350. The second-order valence-corrected chi connectivity index (χ2v) is 21.3. The number of likely N-dealkylation sites (tertiary alicyclic amines) is 1. The molecule has 272 valence electrons. The van der Waals surface area contributed by atoms with Gasteiger partial charge in [-0.15, -0.1) is 6.58 Å². The third kappa shape index (κ3) is 8.35. The monoisotopic (exact) mass is 689 g/mol. The fourth-order valence-electron chi connectivity index (χ4n) is 8.86. The maximum Gasteiger partial charge on any atom is 0.227 e. The van der Waals surface area contributed by atoms with Crippen LogP contribution in [-0.2, 0) is 29.0 Å². The van der Waals surface area contributed by atoms with Crippen molar-refractivity contribution in [3.63, 3.8) is 0 Å². The first-order chi connectivity index (χ1) is 22.1. The Kier molecular flexibility index (Phi) is 11.7. The second kappa shape index (κ2) is 14.4. The van der Waals surface area contributed by atoms with Crippen molar-refractivity contribution in [3.8, 4) is 0 Å². The SMILES string of the molecule is C=CCCC(=O)C(O)C(CC(=O)[C@@H]1[C@@H]2[C@H](CN1C(=O)[C@@H](CC(=O)C[C@H]1CCCC[C@H]1S(=O)(=O)C(C)(C)C)C(C)(C)C)C2(C)C)CC1CC1. The van der Waals surface area contributed by atoms with Crippen LogP contribution in [0.5, 0.6) is 0 Å². The number of hydrogen-bond donors (Lipinski definition) is 1. The van der Waals surface area contributed by atoms with Crippen molar-refractivity contribution in [2.24, 2.45) is 46.3 Å². The fraction of sp³-hybridized carbons (Fsp3) is 0.846. The van der Waals surface area contributed by atoms with Crippen LogP contribution in [0.2, 0.25) is 0 Å². The van der Waals surface area contributed by atoms with Crippen LogP contribution in [0.15, 0.2) is 12.7 Å². The van der Waals surface area contributed by atoms with Gasteiger partial charge in [0.25, 0.3) is 0 Å². The predicted octanol–water partition coefficient (Wildman–Crippen LogP) is 6.52. The van der Waals surface area contributed by atoms with Crippen molar-refractivity contribution < 1.29 is 32.7 Å². The number of sulfone groups is 1. The van der Waals surface area contributed by atoms with Gasteiger partial charge in [-0.2, -0.15) is 0 Å². The molecule has 4 aliphatic rings. The molecule has 9 heteroatoms. The maximum atomic E-state index is 14.5. The van der Waals surface area contributed by atoms with Crippen molar-refractivity contribution in [2.75, 3.05) is 6.54 Å². The smallest absolute Gasteiger partial charge is 0.227 e. The Morgan fingerprint density at radius 3 is 2.17 bits per heavy atom. The van der Waals surface area contributed by atoms with Gasteiger partial charge in [0, 0.05) is 38.1 Å². The molecule has 48 heavy (non-hydrogen) atoms. The molecule has 1 N–H and O–H groups in total. The summed E-state index contributed by atoms with van der Waals surface area (Å²) in [7, 11) is -3.45. The number of aliphatic hydroxyl groups excluding tert-OH is 1. The molecule has 0 radical (unpaired) electrons. The van der Waals surface area contributed by atoms with Gasteiger partial charge in [0.15, 0.2) is 21.4 Å². The van der Waals surface area contributed by atoms with E-state index in [9.17, 15) is 32.7 Å². The molecule has 3 saturated carbocycles. The summed E-state index contributed by atoms with van der Waals surface area (Å²) in [6.07, 6.45) is 6.97. The van der Waals surface area contributed by atoms with Crippen molar-refractivity contribution >= 4 is 33.1 Å². The third-order valence-electron chi connectivity index (χ3n) is 12.3. The third-order valence-corrected chi connectivity index (χ3v) is 15.5. The first-order valence-corrected chi connectivity index (χ1v) is 20.1. The fourth-order valence-corrected chi connectivity index (χ4v) is 11.0. The molecule has 0 aromatic carbocycles. The maximum absolute atomic E-state index is 14.5. The highest BCUT2D eigenvalue weighted by Crippen LogP contribution is 2.65. The van der Waals surface area contributed by atoms with E-state index in [0.717, 1.165) is 25.7 Å². The summed E-state index contributed by atoms with van der Waals surface area (Å²) in [4.78, 5) is 57.1. The molecular weight excluding hydrogens is 626 g/mol. The van der Waals surface area contributed by atoms with Gasteiger partial charge in [-0.05, 0) is 86.9 Å². The van der Waals surface area contributed by atoms with Crippen LogP contribution in [0, 0.1) is 46.3 Å². The van der Waals surface area contributed by atoms with Gasteiger partial charge in [-0.25, -0.2) is 8.42 Å². The average Bonchev–Trinajstić information content (AvgIpc) is 3.84. The molecule has 1 heterocycles. The topological polar surface area (TPSA) is 126 Å². The quantitative estimate of drug-likeness (QED) is 0.183. The number of ketones is 3. The molecule has 3 aliphatic carbocycles. The largest absolute Gasteiger partial charge is 0.385 e. The number of rotatable bonds is 16.